The number of hydrogen-bond acceptors (Lipinski definition) is 0. The average molecular weight is 420 g/mol. The maximum atomic E-state index is 14.4. The summed E-state index contributed by atoms with van der Waals surface area (Å²) in [4.78, 5) is 0. The van der Waals surface area contributed by atoms with E-state index in [4.69, 9.17) is 0 Å². The zero-order valence-electron chi connectivity index (χ0n) is 14.5. The molecular weight excluding hydrogens is 406 g/mol. The maximum Gasteiger partial charge on any atom is 0.435 e. The molecule has 0 aliphatic heterocycles. The molecule has 1 aromatic carbocycles. The van der Waals surface area contributed by atoms with Crippen molar-refractivity contribution in [1.29, 1.82) is 0 Å². The third-order valence-corrected chi connectivity index (χ3v) is 4.57. The Balaban J connectivity index is 2.62. The second-order valence-electron chi connectivity index (χ2n) is 6.91. The van der Waals surface area contributed by atoms with Crippen molar-refractivity contribution in [2.75, 3.05) is 0 Å². The normalized spacial score (nSPS) is 22.0. The highest BCUT2D eigenvalue weighted by atomic mass is 19.4. The van der Waals surface area contributed by atoms with E-state index >= 15 is 0 Å². The lowest BCUT2D eigenvalue weighted by molar-refractivity contribution is -0.325. The van der Waals surface area contributed by atoms with Crippen LogP contribution in [0.2, 0.25) is 0 Å². The van der Waals surface area contributed by atoms with Crippen LogP contribution in [0.5, 0.6) is 0 Å². The van der Waals surface area contributed by atoms with E-state index in [1.54, 1.807) is 0 Å². The van der Waals surface area contributed by atoms with Gasteiger partial charge in [-0.3, -0.25) is 0 Å². The second kappa shape index (κ2) is 6.52. The highest BCUT2D eigenvalue weighted by molar-refractivity contribution is 5.47. The lowest BCUT2D eigenvalue weighted by atomic mass is 9.70. The van der Waals surface area contributed by atoms with Crippen molar-refractivity contribution >= 4 is 0 Å². The topological polar surface area (TPSA) is 0 Å². The summed E-state index contributed by atoms with van der Waals surface area (Å²) in [5, 5.41) is 0. The van der Waals surface area contributed by atoms with E-state index in [0.717, 1.165) is 12.1 Å². The van der Waals surface area contributed by atoms with Crippen LogP contribution in [-0.2, 0) is 11.6 Å². The van der Waals surface area contributed by atoms with Crippen LogP contribution in [0.15, 0.2) is 47.6 Å². The van der Waals surface area contributed by atoms with Gasteiger partial charge in [0.15, 0.2) is 0 Å². The smallest absolute Gasteiger partial charge is 0.218 e. The van der Waals surface area contributed by atoms with E-state index < -0.39 is 40.7 Å². The first-order valence-electron chi connectivity index (χ1n) is 7.82. The molecule has 0 saturated carbocycles. The molecule has 0 heterocycles. The van der Waals surface area contributed by atoms with Crippen molar-refractivity contribution in [3.8, 4) is 0 Å². The van der Waals surface area contributed by atoms with Crippen molar-refractivity contribution in [2.45, 2.75) is 49.9 Å². The second-order valence-corrected chi connectivity index (χ2v) is 6.91. The fourth-order valence-electron chi connectivity index (χ4n) is 3.24. The number of halogens is 10. The SMILES string of the molecule is CC1=CC(C(F)(C(F)(F)F)C(F)(F)F)=CC(C)(c2ccc(C(F)(F)F)cc2)C1. The lowest BCUT2D eigenvalue weighted by Crippen LogP contribution is -2.55. The Hall–Kier alpha value is -2.00. The fourth-order valence-corrected chi connectivity index (χ4v) is 3.24. The Kier molecular flexibility index (Phi) is 5.19. The molecule has 156 valence electrons. The predicted molar refractivity (Wildman–Crippen MR) is 81.2 cm³/mol. The molecule has 0 fully saturated rings. The molecule has 1 aliphatic rings. The zero-order chi connectivity index (χ0) is 21.8. The molecule has 0 amide bonds. The van der Waals surface area contributed by atoms with Gasteiger partial charge in [-0.2, -0.15) is 39.5 Å². The van der Waals surface area contributed by atoms with E-state index in [1.165, 1.54) is 13.8 Å². The van der Waals surface area contributed by atoms with Gasteiger partial charge < -0.3 is 0 Å². The van der Waals surface area contributed by atoms with Crippen LogP contribution in [0.4, 0.5) is 43.9 Å². The van der Waals surface area contributed by atoms with Crippen molar-refractivity contribution in [1.82, 2.24) is 0 Å². The van der Waals surface area contributed by atoms with E-state index in [1.807, 2.05) is 0 Å². The predicted octanol–water partition coefficient (Wildman–Crippen LogP) is 7.07. The first-order valence-corrected chi connectivity index (χ1v) is 7.82. The Morgan fingerprint density at radius 3 is 1.64 bits per heavy atom. The first kappa shape index (κ1) is 22.3. The van der Waals surface area contributed by atoms with Crippen LogP contribution in [0.25, 0.3) is 0 Å². The minimum absolute atomic E-state index is 0.0235. The molecule has 1 unspecified atom stereocenters. The lowest BCUT2D eigenvalue weighted by Gasteiger charge is -2.37. The van der Waals surface area contributed by atoms with Gasteiger partial charge in [-0.15, -0.1) is 0 Å². The molecule has 2 rings (SSSR count). The molecule has 0 saturated heterocycles. The third kappa shape index (κ3) is 3.77. The molecule has 0 nitrogen and oxygen atoms in total. The van der Waals surface area contributed by atoms with Gasteiger partial charge in [0, 0.05) is 11.0 Å². The van der Waals surface area contributed by atoms with Gasteiger partial charge >= 0.3 is 24.2 Å². The summed E-state index contributed by atoms with van der Waals surface area (Å²) in [6, 6.07) is 3.24. The maximum absolute atomic E-state index is 14.4. The van der Waals surface area contributed by atoms with Crippen LogP contribution >= 0.6 is 0 Å². The van der Waals surface area contributed by atoms with Crippen LogP contribution in [0.3, 0.4) is 0 Å². The van der Waals surface area contributed by atoms with Crippen molar-refractivity contribution in [3.05, 3.63) is 58.7 Å². The summed E-state index contributed by atoms with van der Waals surface area (Å²) < 4.78 is 131. The third-order valence-electron chi connectivity index (χ3n) is 4.57. The van der Waals surface area contributed by atoms with Gasteiger partial charge in [-0.05, 0) is 31.0 Å². The van der Waals surface area contributed by atoms with Gasteiger partial charge in [0.05, 0.1) is 5.56 Å². The highest BCUT2D eigenvalue weighted by Crippen LogP contribution is 2.53. The summed E-state index contributed by atoms with van der Waals surface area (Å²) in [6.07, 6.45) is -16.3. The molecule has 1 atom stereocenters. The summed E-state index contributed by atoms with van der Waals surface area (Å²) in [7, 11) is 0. The van der Waals surface area contributed by atoms with Gasteiger partial charge in [-0.25, -0.2) is 4.39 Å². The number of rotatable bonds is 2. The van der Waals surface area contributed by atoms with E-state index in [-0.39, 0.29) is 17.6 Å². The van der Waals surface area contributed by atoms with Crippen LogP contribution in [0, 0.1) is 0 Å². The molecule has 1 aromatic rings. The number of benzene rings is 1. The van der Waals surface area contributed by atoms with Crippen molar-refractivity contribution in [2.24, 2.45) is 0 Å². The molecule has 10 heteroatoms. The summed E-state index contributed by atoms with van der Waals surface area (Å²) in [6.45, 7) is 2.46. The zero-order valence-corrected chi connectivity index (χ0v) is 14.5. The van der Waals surface area contributed by atoms with E-state index in [2.05, 4.69) is 0 Å². The minimum Gasteiger partial charge on any atom is -0.218 e. The summed E-state index contributed by atoms with van der Waals surface area (Å²) in [5.74, 6) is 0. The molecular formula is C18H14F10. The molecule has 0 spiro atoms. The van der Waals surface area contributed by atoms with Crippen molar-refractivity contribution in [3.63, 3.8) is 0 Å². The highest BCUT2D eigenvalue weighted by Gasteiger charge is 2.74. The van der Waals surface area contributed by atoms with Crippen LogP contribution in [-0.4, -0.2) is 18.0 Å². The molecule has 0 bridgehead atoms. The Morgan fingerprint density at radius 1 is 0.786 bits per heavy atom. The first-order chi connectivity index (χ1) is 12.4. The number of alkyl halides is 10. The van der Waals surface area contributed by atoms with Gasteiger partial charge in [0.1, 0.15) is 0 Å². The van der Waals surface area contributed by atoms with E-state index in [9.17, 15) is 43.9 Å². The van der Waals surface area contributed by atoms with Crippen LogP contribution < -0.4 is 0 Å². The van der Waals surface area contributed by atoms with E-state index in [0.29, 0.717) is 24.3 Å². The molecule has 1 aliphatic carbocycles. The van der Waals surface area contributed by atoms with Crippen LogP contribution in [0.1, 0.15) is 31.4 Å². The number of allylic oxidation sites excluding steroid dienone is 4. The largest absolute Gasteiger partial charge is 0.435 e. The monoisotopic (exact) mass is 420 g/mol. The van der Waals surface area contributed by atoms with Crippen molar-refractivity contribution < 1.29 is 43.9 Å². The Morgan fingerprint density at radius 2 is 1.25 bits per heavy atom. The quantitative estimate of drug-likeness (QED) is 0.449. The minimum atomic E-state index is -6.27. The Bertz CT molecular complexity index is 776. The number of hydrogen-bond donors (Lipinski definition) is 0. The van der Waals surface area contributed by atoms with Gasteiger partial charge in [-0.1, -0.05) is 36.8 Å². The standard InChI is InChI=1S/C18H14F10/c1-10-7-13(15(19,17(23,24)25)18(26,27)28)9-14(2,8-10)11-3-5-12(6-4-11)16(20,21)22/h3-7,9H,8H2,1-2H3. The molecule has 28 heavy (non-hydrogen) atoms. The summed E-state index contributed by atoms with van der Waals surface area (Å²) >= 11 is 0. The average Bonchev–Trinajstić information content (AvgIpc) is 2.50. The summed E-state index contributed by atoms with van der Waals surface area (Å²) in [5.41, 5.74) is -9.79. The molecule has 0 N–H and O–H groups in total. The fraction of sp³-hybridized carbons (Fsp3) is 0.444. The molecule has 0 aromatic heterocycles. The van der Waals surface area contributed by atoms with Gasteiger partial charge in [0.25, 0.3) is 0 Å². The van der Waals surface area contributed by atoms with Gasteiger partial charge in [0.2, 0.25) is 0 Å². The Labute approximate surface area is 153 Å². The molecule has 0 radical (unpaired) electrons.